The molecule has 1 atom stereocenters. The lowest BCUT2D eigenvalue weighted by molar-refractivity contribution is 0.459. The van der Waals surface area contributed by atoms with E-state index < -0.39 is 0 Å². The first-order chi connectivity index (χ1) is 9.22. The Bertz CT molecular complexity index is 541. The number of aromatic hydroxyl groups is 1. The molecule has 0 aliphatic heterocycles. The minimum absolute atomic E-state index is 0.378. The molecule has 0 heterocycles. The second-order valence-corrected chi connectivity index (χ2v) is 5.83. The molecule has 0 saturated heterocycles. The molecule has 0 radical (unpaired) electrons. The Kier molecular flexibility index (Phi) is 5.11. The lowest BCUT2D eigenvalue weighted by atomic mass is 10.0. The molecule has 0 bridgehead atoms. The molecule has 102 valence electrons. The molecular weight excluding hydrogens is 254 g/mol. The highest BCUT2D eigenvalue weighted by molar-refractivity contribution is 7.98. The van der Waals surface area contributed by atoms with Crippen molar-refractivity contribution >= 4 is 22.5 Å². The highest BCUT2D eigenvalue weighted by Crippen LogP contribution is 2.27. The molecule has 0 amide bonds. The Morgan fingerprint density at radius 2 is 2.00 bits per heavy atom. The molecule has 2 aromatic carbocycles. The average Bonchev–Trinajstić information content (AvgIpc) is 2.44. The van der Waals surface area contributed by atoms with Crippen molar-refractivity contribution in [3.63, 3.8) is 0 Å². The van der Waals surface area contributed by atoms with Crippen LogP contribution in [0.5, 0.6) is 5.75 Å². The fourth-order valence-corrected chi connectivity index (χ4v) is 2.77. The number of phenols is 1. The number of phenolic OH excluding ortho intramolecular Hbond substituents is 1. The first-order valence-electron chi connectivity index (χ1n) is 6.64. The molecule has 2 rings (SSSR count). The summed E-state index contributed by atoms with van der Waals surface area (Å²) in [6.45, 7) is 2.90. The summed E-state index contributed by atoms with van der Waals surface area (Å²) < 4.78 is 0. The van der Waals surface area contributed by atoms with Gasteiger partial charge in [-0.15, -0.1) is 0 Å². The average molecular weight is 275 g/mol. The van der Waals surface area contributed by atoms with E-state index in [1.165, 1.54) is 5.39 Å². The Balaban J connectivity index is 2.13. The normalized spacial score (nSPS) is 12.7. The van der Waals surface area contributed by atoms with Crippen LogP contribution in [-0.4, -0.2) is 23.2 Å². The van der Waals surface area contributed by atoms with Gasteiger partial charge >= 0.3 is 0 Å². The third-order valence-electron chi connectivity index (χ3n) is 3.40. The van der Waals surface area contributed by atoms with Crippen LogP contribution in [0.2, 0.25) is 0 Å². The van der Waals surface area contributed by atoms with E-state index in [-0.39, 0.29) is 0 Å². The highest BCUT2D eigenvalue weighted by atomic mass is 32.2. The standard InChI is InChI=1S/C16H21NOS/c1-12(9-10-19-2)17-11-15-14-6-4-3-5-13(14)7-8-16(15)18/h3-8,12,17-18H,9-11H2,1-2H3. The second-order valence-electron chi connectivity index (χ2n) is 4.85. The number of benzene rings is 2. The van der Waals surface area contributed by atoms with Crippen LogP contribution >= 0.6 is 11.8 Å². The van der Waals surface area contributed by atoms with Gasteiger partial charge in [0.05, 0.1) is 0 Å². The SMILES string of the molecule is CSCCC(C)NCc1c(O)ccc2ccccc12. The smallest absolute Gasteiger partial charge is 0.120 e. The predicted octanol–water partition coefficient (Wildman–Crippen LogP) is 3.78. The van der Waals surface area contributed by atoms with Gasteiger partial charge in [0, 0.05) is 18.2 Å². The van der Waals surface area contributed by atoms with E-state index in [1.54, 1.807) is 6.07 Å². The van der Waals surface area contributed by atoms with Crippen LogP contribution in [0.1, 0.15) is 18.9 Å². The number of hydrogen-bond acceptors (Lipinski definition) is 3. The van der Waals surface area contributed by atoms with Gasteiger partial charge in [-0.1, -0.05) is 30.3 Å². The molecule has 2 N–H and O–H groups in total. The monoisotopic (exact) mass is 275 g/mol. The summed E-state index contributed by atoms with van der Waals surface area (Å²) in [7, 11) is 0. The number of rotatable bonds is 6. The van der Waals surface area contributed by atoms with Crippen LogP contribution in [0.15, 0.2) is 36.4 Å². The van der Waals surface area contributed by atoms with Crippen molar-refractivity contribution in [1.82, 2.24) is 5.32 Å². The summed E-state index contributed by atoms with van der Waals surface area (Å²) in [5.74, 6) is 1.54. The van der Waals surface area contributed by atoms with E-state index in [0.29, 0.717) is 18.3 Å². The van der Waals surface area contributed by atoms with Crippen molar-refractivity contribution in [2.45, 2.75) is 25.9 Å². The van der Waals surface area contributed by atoms with Crippen LogP contribution in [-0.2, 0) is 6.54 Å². The number of fused-ring (bicyclic) bond motifs is 1. The molecular formula is C16H21NOS. The van der Waals surface area contributed by atoms with Crippen LogP contribution in [0.4, 0.5) is 0 Å². The maximum atomic E-state index is 10.1. The number of thioether (sulfide) groups is 1. The first kappa shape index (κ1) is 14.2. The summed E-state index contributed by atoms with van der Waals surface area (Å²) in [5, 5.41) is 15.9. The molecule has 19 heavy (non-hydrogen) atoms. The van der Waals surface area contributed by atoms with Crippen LogP contribution in [0, 0.1) is 0 Å². The lowest BCUT2D eigenvalue weighted by Crippen LogP contribution is -2.26. The largest absolute Gasteiger partial charge is 0.508 e. The van der Waals surface area contributed by atoms with Crippen molar-refractivity contribution in [3.8, 4) is 5.75 Å². The fraction of sp³-hybridized carbons (Fsp3) is 0.375. The van der Waals surface area contributed by atoms with Crippen molar-refractivity contribution in [2.75, 3.05) is 12.0 Å². The van der Waals surface area contributed by atoms with E-state index in [2.05, 4.69) is 30.6 Å². The van der Waals surface area contributed by atoms with Crippen molar-refractivity contribution < 1.29 is 5.11 Å². The summed E-state index contributed by atoms with van der Waals surface area (Å²) in [6, 6.07) is 12.4. The molecule has 0 saturated carbocycles. The molecule has 0 aliphatic carbocycles. The van der Waals surface area contributed by atoms with Gasteiger partial charge in [0.1, 0.15) is 5.75 Å². The molecule has 0 aliphatic rings. The van der Waals surface area contributed by atoms with Crippen LogP contribution < -0.4 is 5.32 Å². The quantitative estimate of drug-likeness (QED) is 0.841. The second kappa shape index (κ2) is 6.83. The zero-order valence-corrected chi connectivity index (χ0v) is 12.3. The van der Waals surface area contributed by atoms with Gasteiger partial charge < -0.3 is 10.4 Å². The molecule has 2 nitrogen and oxygen atoms in total. The van der Waals surface area contributed by atoms with Crippen LogP contribution in [0.3, 0.4) is 0 Å². The topological polar surface area (TPSA) is 32.3 Å². The van der Waals surface area contributed by atoms with Crippen molar-refractivity contribution in [3.05, 3.63) is 42.0 Å². The zero-order chi connectivity index (χ0) is 13.7. The number of hydrogen-bond donors (Lipinski definition) is 2. The van der Waals surface area contributed by atoms with Gasteiger partial charge in [-0.3, -0.25) is 0 Å². The summed E-state index contributed by atoms with van der Waals surface area (Å²) in [4.78, 5) is 0. The molecule has 2 aromatic rings. The fourth-order valence-electron chi connectivity index (χ4n) is 2.18. The minimum atomic E-state index is 0.378. The third kappa shape index (κ3) is 3.64. The lowest BCUT2D eigenvalue weighted by Gasteiger charge is -2.15. The molecule has 1 unspecified atom stereocenters. The van der Waals surface area contributed by atoms with E-state index in [9.17, 15) is 5.11 Å². The van der Waals surface area contributed by atoms with E-state index in [1.807, 2.05) is 30.0 Å². The predicted molar refractivity (Wildman–Crippen MR) is 84.9 cm³/mol. The van der Waals surface area contributed by atoms with Gasteiger partial charge in [-0.05, 0) is 42.2 Å². The first-order valence-corrected chi connectivity index (χ1v) is 8.03. The minimum Gasteiger partial charge on any atom is -0.508 e. The number of nitrogens with one attached hydrogen (secondary N) is 1. The van der Waals surface area contributed by atoms with E-state index in [0.717, 1.165) is 23.1 Å². The summed E-state index contributed by atoms with van der Waals surface area (Å²) in [5.41, 5.74) is 0.995. The van der Waals surface area contributed by atoms with Gasteiger partial charge in [-0.2, -0.15) is 11.8 Å². The van der Waals surface area contributed by atoms with Crippen molar-refractivity contribution in [2.24, 2.45) is 0 Å². The summed E-state index contributed by atoms with van der Waals surface area (Å²) in [6.07, 6.45) is 3.27. The van der Waals surface area contributed by atoms with Crippen molar-refractivity contribution in [1.29, 1.82) is 0 Å². The summed E-state index contributed by atoms with van der Waals surface area (Å²) >= 11 is 1.87. The highest BCUT2D eigenvalue weighted by Gasteiger charge is 2.08. The van der Waals surface area contributed by atoms with Gasteiger partial charge in [0.25, 0.3) is 0 Å². The molecule has 3 heteroatoms. The Morgan fingerprint density at radius 1 is 1.21 bits per heavy atom. The Hall–Kier alpha value is -1.19. The van der Waals surface area contributed by atoms with E-state index >= 15 is 0 Å². The maximum absolute atomic E-state index is 10.1. The Morgan fingerprint density at radius 3 is 2.79 bits per heavy atom. The molecule has 0 spiro atoms. The third-order valence-corrected chi connectivity index (χ3v) is 4.04. The van der Waals surface area contributed by atoms with Gasteiger partial charge in [0.2, 0.25) is 0 Å². The van der Waals surface area contributed by atoms with E-state index in [4.69, 9.17) is 0 Å². The molecule has 0 aromatic heterocycles. The van der Waals surface area contributed by atoms with Gasteiger partial charge in [-0.25, -0.2) is 0 Å². The zero-order valence-electron chi connectivity index (χ0n) is 11.5. The van der Waals surface area contributed by atoms with Crippen LogP contribution in [0.25, 0.3) is 10.8 Å². The Labute approximate surface area is 119 Å². The molecule has 0 fully saturated rings. The van der Waals surface area contributed by atoms with Gasteiger partial charge in [0.15, 0.2) is 0 Å². The maximum Gasteiger partial charge on any atom is 0.120 e.